The molecule has 1 N–H and O–H groups in total. The molecule has 0 unspecified atom stereocenters. The summed E-state index contributed by atoms with van der Waals surface area (Å²) in [5.41, 5.74) is 2.13. The maximum Gasteiger partial charge on any atom is 0.241 e. The van der Waals surface area contributed by atoms with E-state index >= 15 is 0 Å². The van der Waals surface area contributed by atoms with E-state index in [1.807, 2.05) is 20.8 Å². The molecule has 0 fully saturated rings. The summed E-state index contributed by atoms with van der Waals surface area (Å²) in [5.74, 6) is 0.681. The third kappa shape index (κ3) is 4.91. The largest absolute Gasteiger partial charge is 0.496 e. The molecule has 0 amide bonds. The highest BCUT2D eigenvalue weighted by atomic mass is 32.2. The minimum Gasteiger partial charge on any atom is -0.496 e. The van der Waals surface area contributed by atoms with Crippen LogP contribution in [0.15, 0.2) is 11.0 Å². The van der Waals surface area contributed by atoms with Crippen molar-refractivity contribution in [3.8, 4) is 5.75 Å². The van der Waals surface area contributed by atoms with Crippen LogP contribution in [0.25, 0.3) is 0 Å². The molecule has 0 saturated heterocycles. The van der Waals surface area contributed by atoms with Crippen molar-refractivity contribution in [2.24, 2.45) is 0 Å². The lowest BCUT2D eigenvalue weighted by Crippen LogP contribution is -2.36. The first kappa shape index (κ1) is 19.9. The van der Waals surface area contributed by atoms with Crippen molar-refractivity contribution in [3.63, 3.8) is 0 Å². The number of sulfonamides is 1. The van der Waals surface area contributed by atoms with Crippen LogP contribution in [0.2, 0.25) is 0 Å². The van der Waals surface area contributed by atoms with Gasteiger partial charge in [-0.3, -0.25) is 0 Å². The minimum atomic E-state index is -3.67. The van der Waals surface area contributed by atoms with E-state index in [1.54, 1.807) is 27.0 Å². The molecule has 0 aliphatic carbocycles. The molecular formula is C16H27NO5S. The third-order valence-electron chi connectivity index (χ3n) is 3.61. The molecule has 0 aromatic heterocycles. The van der Waals surface area contributed by atoms with Crippen molar-refractivity contribution in [2.45, 2.75) is 45.8 Å². The summed E-state index contributed by atoms with van der Waals surface area (Å²) < 4.78 is 43.9. The first-order valence-corrected chi connectivity index (χ1v) is 9.14. The number of benzene rings is 1. The van der Waals surface area contributed by atoms with Gasteiger partial charge in [0.15, 0.2) is 6.29 Å². The molecular weight excluding hydrogens is 318 g/mol. The number of ether oxygens (including phenoxy) is 3. The van der Waals surface area contributed by atoms with Crippen LogP contribution in [-0.2, 0) is 19.5 Å². The Morgan fingerprint density at radius 1 is 1.09 bits per heavy atom. The van der Waals surface area contributed by atoms with Gasteiger partial charge in [0.2, 0.25) is 10.0 Å². The summed E-state index contributed by atoms with van der Waals surface area (Å²) >= 11 is 0. The molecule has 1 rings (SSSR count). The van der Waals surface area contributed by atoms with Gasteiger partial charge < -0.3 is 14.2 Å². The maximum absolute atomic E-state index is 12.7. The Hall–Kier alpha value is -1.15. The average Bonchev–Trinajstić information content (AvgIpc) is 2.49. The monoisotopic (exact) mass is 345 g/mol. The van der Waals surface area contributed by atoms with Crippen LogP contribution in [-0.4, -0.2) is 41.6 Å². The van der Waals surface area contributed by atoms with Gasteiger partial charge in [-0.2, -0.15) is 0 Å². The molecule has 0 bridgehead atoms. The molecule has 1 aromatic rings. The van der Waals surface area contributed by atoms with Gasteiger partial charge >= 0.3 is 0 Å². The Labute approximate surface area is 139 Å². The predicted octanol–water partition coefficient (Wildman–Crippen LogP) is 2.30. The van der Waals surface area contributed by atoms with E-state index in [-0.39, 0.29) is 11.4 Å². The molecule has 0 radical (unpaired) electrons. The molecule has 0 aliphatic heterocycles. The zero-order valence-corrected chi connectivity index (χ0v) is 15.5. The fourth-order valence-electron chi connectivity index (χ4n) is 2.43. The number of hydrogen-bond donors (Lipinski definition) is 1. The van der Waals surface area contributed by atoms with E-state index in [4.69, 9.17) is 14.2 Å². The van der Waals surface area contributed by atoms with Crippen molar-refractivity contribution in [1.29, 1.82) is 0 Å². The minimum absolute atomic E-state index is 0.0635. The Morgan fingerprint density at radius 3 is 2.13 bits per heavy atom. The van der Waals surface area contributed by atoms with Crippen LogP contribution >= 0.6 is 0 Å². The van der Waals surface area contributed by atoms with Crippen LogP contribution in [0, 0.1) is 20.8 Å². The summed E-state index contributed by atoms with van der Waals surface area (Å²) in [6.45, 7) is 10.0. The van der Waals surface area contributed by atoms with Crippen LogP contribution in [0.5, 0.6) is 5.75 Å². The van der Waals surface area contributed by atoms with Gasteiger partial charge in [0.25, 0.3) is 0 Å². The molecule has 0 aliphatic rings. The second-order valence-electron chi connectivity index (χ2n) is 5.17. The average molecular weight is 345 g/mol. The van der Waals surface area contributed by atoms with Crippen LogP contribution < -0.4 is 9.46 Å². The molecule has 0 heterocycles. The van der Waals surface area contributed by atoms with E-state index in [0.29, 0.717) is 30.1 Å². The van der Waals surface area contributed by atoms with Gasteiger partial charge in [0.05, 0.1) is 18.6 Å². The highest BCUT2D eigenvalue weighted by Crippen LogP contribution is 2.30. The lowest BCUT2D eigenvalue weighted by molar-refractivity contribution is -0.130. The summed E-state index contributed by atoms with van der Waals surface area (Å²) in [4.78, 5) is 0.280. The van der Waals surface area contributed by atoms with Crippen LogP contribution in [0.3, 0.4) is 0 Å². The van der Waals surface area contributed by atoms with Crippen molar-refractivity contribution >= 4 is 10.0 Å². The SMILES string of the molecule is CCOC(CNS(=O)(=O)c1c(C)cc(OC)c(C)c1C)OCC. The van der Waals surface area contributed by atoms with Gasteiger partial charge in [-0.05, 0) is 57.4 Å². The van der Waals surface area contributed by atoms with E-state index in [2.05, 4.69) is 4.72 Å². The molecule has 23 heavy (non-hydrogen) atoms. The molecule has 0 atom stereocenters. The molecule has 6 nitrogen and oxygen atoms in total. The maximum atomic E-state index is 12.7. The van der Waals surface area contributed by atoms with Gasteiger partial charge in [-0.25, -0.2) is 13.1 Å². The molecule has 0 saturated carbocycles. The highest BCUT2D eigenvalue weighted by molar-refractivity contribution is 7.89. The van der Waals surface area contributed by atoms with Crippen molar-refractivity contribution < 1.29 is 22.6 Å². The first-order valence-electron chi connectivity index (χ1n) is 7.66. The second-order valence-corrected chi connectivity index (χ2v) is 6.87. The van der Waals surface area contributed by atoms with Crippen molar-refractivity contribution in [2.75, 3.05) is 26.9 Å². The summed E-state index contributed by atoms with van der Waals surface area (Å²) in [7, 11) is -2.09. The van der Waals surface area contributed by atoms with Crippen molar-refractivity contribution in [1.82, 2.24) is 4.72 Å². The van der Waals surface area contributed by atoms with Gasteiger partial charge in [-0.1, -0.05) is 0 Å². The fourth-order valence-corrected chi connectivity index (χ4v) is 3.97. The number of hydrogen-bond acceptors (Lipinski definition) is 5. The number of nitrogens with one attached hydrogen (secondary N) is 1. The summed E-state index contributed by atoms with van der Waals surface area (Å²) in [6, 6.07) is 1.74. The van der Waals surface area contributed by atoms with Gasteiger partial charge in [0.1, 0.15) is 5.75 Å². The zero-order valence-electron chi connectivity index (χ0n) is 14.7. The van der Waals surface area contributed by atoms with Crippen LogP contribution in [0.1, 0.15) is 30.5 Å². The summed E-state index contributed by atoms with van der Waals surface area (Å²) in [5, 5.41) is 0. The van der Waals surface area contributed by atoms with E-state index < -0.39 is 16.3 Å². The number of rotatable bonds is 9. The van der Waals surface area contributed by atoms with Gasteiger partial charge in [-0.15, -0.1) is 0 Å². The van der Waals surface area contributed by atoms with E-state index in [9.17, 15) is 8.42 Å². The Kier molecular flexibility index (Phi) is 7.47. The fraction of sp³-hybridized carbons (Fsp3) is 0.625. The number of methoxy groups -OCH3 is 1. The van der Waals surface area contributed by atoms with Crippen LogP contribution in [0.4, 0.5) is 0 Å². The smallest absolute Gasteiger partial charge is 0.241 e. The number of aryl methyl sites for hydroxylation is 1. The Balaban J connectivity index is 3.07. The topological polar surface area (TPSA) is 73.9 Å². The summed E-state index contributed by atoms with van der Waals surface area (Å²) in [6.07, 6.45) is -0.597. The molecule has 1 aromatic carbocycles. The molecule has 132 valence electrons. The third-order valence-corrected chi connectivity index (χ3v) is 5.32. The van der Waals surface area contributed by atoms with E-state index in [0.717, 1.165) is 5.56 Å². The lowest BCUT2D eigenvalue weighted by Gasteiger charge is -2.20. The first-order chi connectivity index (χ1) is 10.8. The Bertz CT molecular complexity index is 622. The standard InChI is InChI=1S/C16H27NO5S/c1-7-21-15(22-8-2)10-17-23(18,19)16-11(3)9-14(20-6)12(4)13(16)5/h9,15,17H,7-8,10H2,1-6H3. The predicted molar refractivity (Wildman–Crippen MR) is 89.4 cm³/mol. The molecule has 0 spiro atoms. The Morgan fingerprint density at radius 2 is 1.65 bits per heavy atom. The molecule has 7 heteroatoms. The van der Waals surface area contributed by atoms with E-state index in [1.165, 1.54) is 0 Å². The quantitative estimate of drug-likeness (QED) is 0.695. The van der Waals surface area contributed by atoms with Crippen molar-refractivity contribution in [3.05, 3.63) is 22.8 Å². The van der Waals surface area contributed by atoms with Gasteiger partial charge in [0, 0.05) is 13.2 Å². The normalized spacial score (nSPS) is 12.0. The second kappa shape index (κ2) is 8.63. The highest BCUT2D eigenvalue weighted by Gasteiger charge is 2.24. The lowest BCUT2D eigenvalue weighted by atomic mass is 10.1. The zero-order chi connectivity index (χ0) is 17.6.